The van der Waals surface area contributed by atoms with Crippen LogP contribution < -0.4 is 4.72 Å². The van der Waals surface area contributed by atoms with Crippen LogP contribution in [0.1, 0.15) is 23.2 Å². The lowest BCUT2D eigenvalue weighted by Crippen LogP contribution is -2.27. The number of esters is 1. The fraction of sp³-hybridized carbons (Fsp3) is 0.304. The van der Waals surface area contributed by atoms with Crippen LogP contribution in [0.5, 0.6) is 0 Å². The van der Waals surface area contributed by atoms with Gasteiger partial charge in [0.25, 0.3) is 0 Å². The highest BCUT2D eigenvalue weighted by atomic mass is 35.5. The molecule has 0 radical (unpaired) electrons. The number of rotatable bonds is 11. The zero-order valence-electron chi connectivity index (χ0n) is 17.8. The molecule has 0 bridgehead atoms. The highest BCUT2D eigenvalue weighted by Gasteiger charge is 2.14. The summed E-state index contributed by atoms with van der Waals surface area (Å²) in [5.74, 6) is -0.259. The largest absolute Gasteiger partial charge is 0.469 e. The van der Waals surface area contributed by atoms with Gasteiger partial charge in [-0.05, 0) is 66.8 Å². The van der Waals surface area contributed by atoms with E-state index in [4.69, 9.17) is 16.3 Å². The SMILES string of the molecule is COC(=O)CCc1cc(CCc2cccnc2)n(CCNS(=O)(=O)c2ccc(Cl)cc2)c1. The van der Waals surface area contributed by atoms with Crippen LogP contribution in [0.4, 0.5) is 0 Å². The second-order valence-corrected chi connectivity index (χ2v) is 9.53. The van der Waals surface area contributed by atoms with Gasteiger partial charge in [0.05, 0.1) is 12.0 Å². The van der Waals surface area contributed by atoms with Crippen LogP contribution in [0.15, 0.2) is 66.0 Å². The van der Waals surface area contributed by atoms with Crippen LogP contribution in [0.2, 0.25) is 5.02 Å². The first-order chi connectivity index (χ1) is 15.4. The van der Waals surface area contributed by atoms with Gasteiger partial charge in [-0.1, -0.05) is 17.7 Å². The fourth-order valence-electron chi connectivity index (χ4n) is 3.34. The number of carbonyl (C=O) groups excluding carboxylic acids is 1. The Balaban J connectivity index is 1.67. The summed E-state index contributed by atoms with van der Waals surface area (Å²) in [6.07, 6.45) is 7.99. The molecule has 9 heteroatoms. The molecule has 0 fully saturated rings. The Hall–Kier alpha value is -2.68. The number of carbonyl (C=O) groups is 1. The lowest BCUT2D eigenvalue weighted by molar-refractivity contribution is -0.140. The van der Waals surface area contributed by atoms with Crippen molar-refractivity contribution in [1.82, 2.24) is 14.3 Å². The smallest absolute Gasteiger partial charge is 0.305 e. The van der Waals surface area contributed by atoms with Crippen LogP contribution in [0.3, 0.4) is 0 Å². The molecule has 0 aliphatic heterocycles. The van der Waals surface area contributed by atoms with E-state index in [-0.39, 0.29) is 17.4 Å². The number of aromatic nitrogens is 2. The third-order valence-corrected chi connectivity index (χ3v) is 6.78. The van der Waals surface area contributed by atoms with Crippen LogP contribution in [0.25, 0.3) is 0 Å². The van der Waals surface area contributed by atoms with Gasteiger partial charge in [0, 0.05) is 48.8 Å². The predicted molar refractivity (Wildman–Crippen MR) is 123 cm³/mol. The van der Waals surface area contributed by atoms with E-state index in [1.54, 1.807) is 18.3 Å². The van der Waals surface area contributed by atoms with Gasteiger partial charge in [0.2, 0.25) is 10.0 Å². The Kier molecular flexibility index (Phi) is 8.44. The lowest BCUT2D eigenvalue weighted by atomic mass is 10.1. The van der Waals surface area contributed by atoms with Crippen LogP contribution in [0, 0.1) is 0 Å². The van der Waals surface area contributed by atoms with Crippen molar-refractivity contribution < 1.29 is 17.9 Å². The van der Waals surface area contributed by atoms with E-state index in [0.29, 0.717) is 24.4 Å². The predicted octanol–water partition coefficient (Wildman–Crippen LogP) is 3.41. The molecule has 0 spiro atoms. The molecule has 1 aromatic carbocycles. The topological polar surface area (TPSA) is 90.3 Å². The Morgan fingerprint density at radius 3 is 2.59 bits per heavy atom. The molecule has 0 saturated carbocycles. The number of hydrogen-bond acceptors (Lipinski definition) is 5. The molecule has 0 aliphatic carbocycles. The first kappa shape index (κ1) is 24.0. The molecule has 3 aromatic rings. The Morgan fingerprint density at radius 2 is 1.91 bits per heavy atom. The van der Waals surface area contributed by atoms with E-state index < -0.39 is 10.0 Å². The molecule has 2 aromatic heterocycles. The molecule has 1 N–H and O–H groups in total. The van der Waals surface area contributed by atoms with Crippen molar-refractivity contribution in [1.29, 1.82) is 0 Å². The normalized spacial score (nSPS) is 11.4. The molecule has 3 rings (SSSR count). The van der Waals surface area contributed by atoms with Crippen molar-refractivity contribution in [3.63, 3.8) is 0 Å². The Morgan fingerprint density at radius 1 is 1.12 bits per heavy atom. The highest BCUT2D eigenvalue weighted by Crippen LogP contribution is 2.16. The minimum absolute atomic E-state index is 0.171. The lowest BCUT2D eigenvalue weighted by Gasteiger charge is -2.11. The monoisotopic (exact) mass is 475 g/mol. The van der Waals surface area contributed by atoms with Gasteiger partial charge in [-0.15, -0.1) is 0 Å². The number of nitrogens with one attached hydrogen (secondary N) is 1. The van der Waals surface area contributed by atoms with Crippen LogP contribution in [-0.4, -0.2) is 37.6 Å². The van der Waals surface area contributed by atoms with E-state index >= 15 is 0 Å². The quantitative estimate of drug-likeness (QED) is 0.429. The summed E-state index contributed by atoms with van der Waals surface area (Å²) in [4.78, 5) is 15.8. The second kappa shape index (κ2) is 11.3. The van der Waals surface area contributed by atoms with Crippen LogP contribution >= 0.6 is 11.6 Å². The van der Waals surface area contributed by atoms with E-state index in [2.05, 4.69) is 15.8 Å². The van der Waals surface area contributed by atoms with E-state index in [1.807, 2.05) is 29.1 Å². The maximum atomic E-state index is 12.5. The minimum atomic E-state index is -3.62. The van der Waals surface area contributed by atoms with E-state index in [1.165, 1.54) is 19.2 Å². The van der Waals surface area contributed by atoms with E-state index in [0.717, 1.165) is 29.7 Å². The zero-order chi connectivity index (χ0) is 23.0. The summed E-state index contributed by atoms with van der Waals surface area (Å²) in [5.41, 5.74) is 3.20. The molecule has 2 heterocycles. The van der Waals surface area contributed by atoms with Gasteiger partial charge >= 0.3 is 5.97 Å². The summed E-state index contributed by atoms with van der Waals surface area (Å²) in [6.45, 7) is 0.698. The molecule has 7 nitrogen and oxygen atoms in total. The molecule has 0 atom stereocenters. The third kappa shape index (κ3) is 6.91. The third-order valence-electron chi connectivity index (χ3n) is 5.05. The van der Waals surface area contributed by atoms with Crippen LogP contribution in [-0.2, 0) is 45.4 Å². The van der Waals surface area contributed by atoms with Gasteiger partial charge in [0.1, 0.15) is 0 Å². The average Bonchev–Trinajstić information content (AvgIpc) is 3.18. The van der Waals surface area contributed by atoms with Crippen molar-refractivity contribution >= 4 is 27.6 Å². The van der Waals surface area contributed by atoms with Crippen molar-refractivity contribution in [3.8, 4) is 0 Å². The molecular formula is C23H26ClN3O4S. The average molecular weight is 476 g/mol. The highest BCUT2D eigenvalue weighted by molar-refractivity contribution is 7.89. The molecule has 170 valence electrons. The summed E-state index contributed by atoms with van der Waals surface area (Å²) in [7, 11) is -2.25. The van der Waals surface area contributed by atoms with Crippen molar-refractivity contribution in [3.05, 3.63) is 82.9 Å². The van der Waals surface area contributed by atoms with Gasteiger partial charge in [-0.25, -0.2) is 13.1 Å². The molecule has 0 amide bonds. The number of aryl methyl sites for hydroxylation is 3. The number of halogens is 1. The maximum absolute atomic E-state index is 12.5. The van der Waals surface area contributed by atoms with Crippen molar-refractivity contribution in [2.45, 2.75) is 37.1 Å². The standard InChI is InChI=1S/C23H26ClN3O4S/c1-31-23(28)11-5-19-15-21(8-4-18-3-2-12-25-16-18)27(17-19)14-13-26-32(29,30)22-9-6-20(24)7-10-22/h2-3,6-7,9-10,12,15-17,26H,4-5,8,11,13-14H2,1H3. The summed E-state index contributed by atoms with van der Waals surface area (Å²) in [5, 5.41) is 0.481. The fourth-order valence-corrected chi connectivity index (χ4v) is 4.49. The Labute approximate surface area is 193 Å². The number of sulfonamides is 1. The van der Waals surface area contributed by atoms with Crippen molar-refractivity contribution in [2.24, 2.45) is 0 Å². The number of benzene rings is 1. The molecular weight excluding hydrogens is 450 g/mol. The Bertz CT molecular complexity index is 1130. The number of pyridine rings is 1. The molecule has 32 heavy (non-hydrogen) atoms. The maximum Gasteiger partial charge on any atom is 0.305 e. The van der Waals surface area contributed by atoms with Gasteiger partial charge in [-0.3, -0.25) is 9.78 Å². The number of methoxy groups -OCH3 is 1. The summed E-state index contributed by atoms with van der Waals surface area (Å²) < 4.78 is 34.4. The zero-order valence-corrected chi connectivity index (χ0v) is 19.4. The van der Waals surface area contributed by atoms with Gasteiger partial charge < -0.3 is 9.30 Å². The minimum Gasteiger partial charge on any atom is -0.469 e. The first-order valence-corrected chi connectivity index (χ1v) is 12.1. The molecule has 0 saturated heterocycles. The first-order valence-electron chi connectivity index (χ1n) is 10.3. The molecule has 0 aliphatic rings. The van der Waals surface area contributed by atoms with Gasteiger partial charge in [-0.2, -0.15) is 0 Å². The van der Waals surface area contributed by atoms with E-state index in [9.17, 15) is 13.2 Å². The van der Waals surface area contributed by atoms with Crippen molar-refractivity contribution in [2.75, 3.05) is 13.7 Å². The van der Waals surface area contributed by atoms with Gasteiger partial charge in [0.15, 0.2) is 0 Å². The number of ether oxygens (including phenoxy) is 1. The second-order valence-electron chi connectivity index (χ2n) is 7.32. The number of hydrogen-bond donors (Lipinski definition) is 1. The summed E-state index contributed by atoms with van der Waals surface area (Å²) in [6, 6.07) is 12.0. The summed E-state index contributed by atoms with van der Waals surface area (Å²) >= 11 is 5.84. The number of nitrogens with zero attached hydrogens (tertiary/aromatic N) is 2. The molecule has 0 unspecified atom stereocenters.